The van der Waals surface area contributed by atoms with Crippen molar-refractivity contribution >= 4 is 21.4 Å². The van der Waals surface area contributed by atoms with E-state index in [2.05, 4.69) is 10.2 Å². The van der Waals surface area contributed by atoms with E-state index in [0.717, 1.165) is 30.8 Å². The van der Waals surface area contributed by atoms with Crippen molar-refractivity contribution in [1.29, 1.82) is 0 Å². The van der Waals surface area contributed by atoms with Crippen molar-refractivity contribution in [2.24, 2.45) is 0 Å². The highest BCUT2D eigenvalue weighted by atomic mass is 32.2. The van der Waals surface area contributed by atoms with E-state index in [1.165, 1.54) is 11.3 Å². The van der Waals surface area contributed by atoms with Crippen LogP contribution in [-0.4, -0.2) is 57.9 Å². The summed E-state index contributed by atoms with van der Waals surface area (Å²) in [6.45, 7) is 2.56. The van der Waals surface area contributed by atoms with Gasteiger partial charge in [-0.1, -0.05) is 0 Å². The van der Waals surface area contributed by atoms with Gasteiger partial charge in [0.05, 0.1) is 4.90 Å². The zero-order valence-corrected chi connectivity index (χ0v) is 13.9. The summed E-state index contributed by atoms with van der Waals surface area (Å²) >= 11 is 1.49. The maximum Gasteiger partial charge on any atom is 0.243 e. The number of nitrogens with zero attached hydrogens (tertiary/aromatic N) is 2. The minimum absolute atomic E-state index is 0.0754. The fourth-order valence-electron chi connectivity index (χ4n) is 2.56. The first kappa shape index (κ1) is 15.9. The normalized spacial score (nSPS) is 21.5. The van der Waals surface area contributed by atoms with Crippen molar-refractivity contribution in [2.75, 3.05) is 34.2 Å². The van der Waals surface area contributed by atoms with Crippen LogP contribution in [0.2, 0.25) is 0 Å². The van der Waals surface area contributed by atoms with E-state index < -0.39 is 10.0 Å². The molecule has 1 fully saturated rings. The molecule has 1 atom stereocenters. The molecule has 0 aliphatic carbocycles. The monoisotopic (exact) mass is 317 g/mol. The van der Waals surface area contributed by atoms with Gasteiger partial charge in [0, 0.05) is 36.4 Å². The lowest BCUT2D eigenvalue weighted by Gasteiger charge is -2.34. The molecule has 1 aliphatic rings. The second-order valence-corrected chi connectivity index (χ2v) is 8.35. The molecule has 114 valence electrons. The Morgan fingerprint density at radius 1 is 1.55 bits per heavy atom. The molecule has 7 heteroatoms. The quantitative estimate of drug-likeness (QED) is 0.886. The average molecular weight is 317 g/mol. The molecule has 0 radical (unpaired) electrons. The smallest absolute Gasteiger partial charge is 0.243 e. The number of thiophene rings is 1. The van der Waals surface area contributed by atoms with Crippen molar-refractivity contribution in [1.82, 2.24) is 14.5 Å². The molecule has 20 heavy (non-hydrogen) atoms. The lowest BCUT2D eigenvalue weighted by atomic mass is 10.1. The first-order chi connectivity index (χ1) is 9.45. The Kier molecular flexibility index (Phi) is 5.19. The number of rotatable bonds is 5. The van der Waals surface area contributed by atoms with Crippen LogP contribution in [0, 0.1) is 0 Å². The van der Waals surface area contributed by atoms with Crippen LogP contribution >= 0.6 is 11.3 Å². The average Bonchev–Trinajstić information content (AvgIpc) is 2.87. The fourth-order valence-corrected chi connectivity index (χ4v) is 5.21. The Bertz CT molecular complexity index is 542. The number of likely N-dealkylation sites (N-methyl/N-ethyl adjacent to an activating group) is 2. The Labute approximate surface area is 125 Å². The third kappa shape index (κ3) is 3.40. The summed E-state index contributed by atoms with van der Waals surface area (Å²) in [5, 5.41) is 4.78. The summed E-state index contributed by atoms with van der Waals surface area (Å²) in [5.41, 5.74) is 0. The molecule has 0 aromatic carbocycles. The van der Waals surface area contributed by atoms with Gasteiger partial charge in [-0.15, -0.1) is 11.3 Å². The number of sulfonamides is 1. The predicted molar refractivity (Wildman–Crippen MR) is 82.6 cm³/mol. The third-order valence-corrected chi connectivity index (χ3v) is 6.75. The van der Waals surface area contributed by atoms with Gasteiger partial charge in [0.2, 0.25) is 10.0 Å². The molecular formula is C13H23N3O2S2. The molecule has 1 aliphatic heterocycles. The summed E-state index contributed by atoms with van der Waals surface area (Å²) in [6, 6.07) is 1.85. The second-order valence-electron chi connectivity index (χ2n) is 5.36. The van der Waals surface area contributed by atoms with Gasteiger partial charge in [-0.2, -0.15) is 4.31 Å². The number of nitrogens with one attached hydrogen (secondary N) is 1. The fraction of sp³-hybridized carbons (Fsp3) is 0.692. The molecule has 0 saturated carbocycles. The Morgan fingerprint density at radius 2 is 2.30 bits per heavy atom. The van der Waals surface area contributed by atoms with Crippen LogP contribution in [-0.2, 0) is 16.6 Å². The van der Waals surface area contributed by atoms with Crippen LogP contribution in [0.1, 0.15) is 17.7 Å². The highest BCUT2D eigenvalue weighted by Gasteiger charge is 2.31. The van der Waals surface area contributed by atoms with Gasteiger partial charge in [0.1, 0.15) is 0 Å². The number of piperidine rings is 1. The van der Waals surface area contributed by atoms with Crippen LogP contribution < -0.4 is 5.32 Å². The van der Waals surface area contributed by atoms with Gasteiger partial charge in [0.15, 0.2) is 0 Å². The molecule has 2 heterocycles. The van der Waals surface area contributed by atoms with Gasteiger partial charge in [-0.3, -0.25) is 0 Å². The van der Waals surface area contributed by atoms with Crippen LogP contribution in [0.3, 0.4) is 0 Å². The second kappa shape index (κ2) is 6.53. The van der Waals surface area contributed by atoms with Crippen LogP contribution in [0.15, 0.2) is 16.3 Å². The van der Waals surface area contributed by atoms with E-state index in [9.17, 15) is 8.42 Å². The Morgan fingerprint density at radius 3 is 2.95 bits per heavy atom. The van der Waals surface area contributed by atoms with Crippen molar-refractivity contribution < 1.29 is 8.42 Å². The number of hydrogen-bond donors (Lipinski definition) is 1. The van der Waals surface area contributed by atoms with E-state index in [-0.39, 0.29) is 6.04 Å². The first-order valence-corrected chi connectivity index (χ1v) is 9.15. The summed E-state index contributed by atoms with van der Waals surface area (Å²) < 4.78 is 26.8. The van der Waals surface area contributed by atoms with E-state index in [1.54, 1.807) is 22.8 Å². The van der Waals surface area contributed by atoms with E-state index >= 15 is 0 Å². The van der Waals surface area contributed by atoms with Crippen LogP contribution in [0.5, 0.6) is 0 Å². The molecule has 0 bridgehead atoms. The van der Waals surface area contributed by atoms with E-state index in [4.69, 9.17) is 0 Å². The lowest BCUT2D eigenvalue weighted by Crippen LogP contribution is -2.47. The van der Waals surface area contributed by atoms with E-state index in [1.807, 2.05) is 14.1 Å². The summed E-state index contributed by atoms with van der Waals surface area (Å²) in [4.78, 5) is 3.66. The van der Waals surface area contributed by atoms with Gasteiger partial charge in [0.25, 0.3) is 0 Å². The van der Waals surface area contributed by atoms with E-state index in [0.29, 0.717) is 11.4 Å². The predicted octanol–water partition coefficient (Wildman–Crippen LogP) is 1.18. The molecule has 0 amide bonds. The zero-order chi connectivity index (χ0) is 14.8. The molecular weight excluding hydrogens is 294 g/mol. The molecule has 1 N–H and O–H groups in total. The van der Waals surface area contributed by atoms with Crippen molar-refractivity contribution in [3.63, 3.8) is 0 Å². The summed E-state index contributed by atoms with van der Waals surface area (Å²) in [7, 11) is 2.24. The zero-order valence-electron chi connectivity index (χ0n) is 12.3. The van der Waals surface area contributed by atoms with Crippen molar-refractivity contribution in [2.45, 2.75) is 30.3 Å². The highest BCUT2D eigenvalue weighted by Crippen LogP contribution is 2.25. The highest BCUT2D eigenvalue weighted by molar-refractivity contribution is 7.89. The Balaban J connectivity index is 2.15. The SMILES string of the molecule is CNCc1cc(S(=O)(=O)N(C)C2CCCN(C)C2)cs1. The maximum atomic E-state index is 12.6. The minimum Gasteiger partial charge on any atom is -0.315 e. The van der Waals surface area contributed by atoms with Crippen molar-refractivity contribution in [3.05, 3.63) is 16.3 Å². The van der Waals surface area contributed by atoms with Gasteiger partial charge < -0.3 is 10.2 Å². The molecule has 0 spiro atoms. The Hall–Kier alpha value is -0.470. The maximum absolute atomic E-state index is 12.6. The molecule has 1 aromatic heterocycles. The number of hydrogen-bond acceptors (Lipinski definition) is 5. The van der Waals surface area contributed by atoms with Gasteiger partial charge in [-0.25, -0.2) is 8.42 Å². The molecule has 1 saturated heterocycles. The molecule has 1 unspecified atom stereocenters. The molecule has 5 nitrogen and oxygen atoms in total. The molecule has 1 aromatic rings. The topological polar surface area (TPSA) is 52.7 Å². The van der Waals surface area contributed by atoms with Crippen molar-refractivity contribution in [3.8, 4) is 0 Å². The minimum atomic E-state index is -3.37. The first-order valence-electron chi connectivity index (χ1n) is 6.83. The van der Waals surface area contributed by atoms with Gasteiger partial charge >= 0.3 is 0 Å². The van der Waals surface area contributed by atoms with Crippen LogP contribution in [0.25, 0.3) is 0 Å². The summed E-state index contributed by atoms with van der Waals surface area (Å²) in [6.07, 6.45) is 1.99. The lowest BCUT2D eigenvalue weighted by molar-refractivity contribution is 0.187. The summed E-state index contributed by atoms with van der Waals surface area (Å²) in [5.74, 6) is 0. The third-order valence-electron chi connectivity index (χ3n) is 3.77. The largest absolute Gasteiger partial charge is 0.315 e. The van der Waals surface area contributed by atoms with Crippen LogP contribution in [0.4, 0.5) is 0 Å². The standard InChI is InChI=1S/C13H23N3O2S2/c1-14-8-12-7-13(10-19-12)20(17,18)16(3)11-5-4-6-15(2)9-11/h7,10-11,14H,4-6,8-9H2,1-3H3. The number of likely N-dealkylation sites (tertiary alicyclic amines) is 1. The van der Waals surface area contributed by atoms with Gasteiger partial charge in [-0.05, 0) is 39.5 Å². The molecule has 2 rings (SSSR count).